The van der Waals surface area contributed by atoms with Crippen molar-refractivity contribution in [3.63, 3.8) is 0 Å². The van der Waals surface area contributed by atoms with Crippen molar-refractivity contribution in [3.8, 4) is 10.4 Å². The van der Waals surface area contributed by atoms with Gasteiger partial charge in [-0.3, -0.25) is 9.59 Å². The molecule has 29 heavy (non-hydrogen) atoms. The molecule has 0 saturated heterocycles. The molecule has 0 bridgehead atoms. The van der Waals surface area contributed by atoms with E-state index in [-0.39, 0.29) is 23.6 Å². The first-order chi connectivity index (χ1) is 13.8. The number of rotatable bonds is 6. The predicted molar refractivity (Wildman–Crippen MR) is 115 cm³/mol. The third kappa shape index (κ3) is 4.28. The largest absolute Gasteiger partial charge is 0.462 e. The smallest absolute Gasteiger partial charge is 0.341 e. The van der Waals surface area contributed by atoms with E-state index in [0.717, 1.165) is 26.8 Å². The highest BCUT2D eigenvalue weighted by molar-refractivity contribution is 7.19. The zero-order chi connectivity index (χ0) is 21.1. The number of nitrogens with one attached hydrogen (secondary N) is 1. The zero-order valence-electron chi connectivity index (χ0n) is 16.5. The Balaban J connectivity index is 2.01. The third-order valence-electron chi connectivity index (χ3n) is 4.16. The van der Waals surface area contributed by atoms with Gasteiger partial charge in [-0.25, -0.2) is 9.78 Å². The minimum atomic E-state index is -0.568. The van der Waals surface area contributed by atoms with Crippen LogP contribution in [-0.2, 0) is 4.74 Å². The van der Waals surface area contributed by atoms with Crippen LogP contribution in [0.5, 0.6) is 0 Å². The minimum absolute atomic E-state index is 0.173. The fraction of sp³-hybridized carbons (Fsp3) is 0.238. The summed E-state index contributed by atoms with van der Waals surface area (Å²) in [6.07, 6.45) is 0. The maximum atomic E-state index is 13.0. The van der Waals surface area contributed by atoms with E-state index in [4.69, 9.17) is 4.74 Å². The molecular formula is C21H20N2O4S2. The summed E-state index contributed by atoms with van der Waals surface area (Å²) >= 11 is 2.50. The Hall–Kier alpha value is -2.84. The monoisotopic (exact) mass is 428 g/mol. The van der Waals surface area contributed by atoms with Crippen molar-refractivity contribution in [2.75, 3.05) is 11.9 Å². The van der Waals surface area contributed by atoms with Crippen molar-refractivity contribution < 1.29 is 19.1 Å². The number of aromatic nitrogens is 1. The number of esters is 1. The summed E-state index contributed by atoms with van der Waals surface area (Å²) in [6.45, 7) is 6.84. The molecule has 0 aliphatic carbocycles. The topological polar surface area (TPSA) is 85.4 Å². The molecule has 150 valence electrons. The Morgan fingerprint density at radius 1 is 1.10 bits per heavy atom. The summed E-state index contributed by atoms with van der Waals surface area (Å²) < 4.78 is 5.12. The second-order valence-electron chi connectivity index (χ2n) is 6.27. The lowest BCUT2D eigenvalue weighted by molar-refractivity contribution is 0.0527. The van der Waals surface area contributed by atoms with Gasteiger partial charge in [0.1, 0.15) is 10.7 Å². The molecule has 0 unspecified atom stereocenters. The van der Waals surface area contributed by atoms with Crippen LogP contribution in [0, 0.1) is 13.8 Å². The number of carbonyl (C=O) groups excluding carboxylic acids is 3. The number of anilines is 1. The lowest BCUT2D eigenvalue weighted by Crippen LogP contribution is -2.16. The molecule has 3 rings (SSSR count). The number of aryl methyl sites for hydroxylation is 1. The highest BCUT2D eigenvalue weighted by atomic mass is 32.1. The van der Waals surface area contributed by atoms with Gasteiger partial charge < -0.3 is 10.1 Å². The number of hydrogen-bond donors (Lipinski definition) is 1. The fourth-order valence-corrected chi connectivity index (χ4v) is 4.92. The second-order valence-corrected chi connectivity index (χ2v) is 8.49. The number of ether oxygens (including phenoxy) is 1. The Morgan fingerprint density at radius 3 is 2.41 bits per heavy atom. The number of thiazole rings is 1. The number of carbonyl (C=O) groups is 3. The molecular weight excluding hydrogens is 408 g/mol. The number of ketones is 1. The lowest BCUT2D eigenvalue weighted by Gasteiger charge is -2.07. The summed E-state index contributed by atoms with van der Waals surface area (Å²) in [5.74, 6) is -1.18. The van der Waals surface area contributed by atoms with Gasteiger partial charge in [-0.2, -0.15) is 0 Å². The summed E-state index contributed by atoms with van der Waals surface area (Å²) in [5.41, 5.74) is 1.89. The summed E-state index contributed by atoms with van der Waals surface area (Å²) in [5, 5.41) is 3.82. The van der Waals surface area contributed by atoms with Crippen molar-refractivity contribution in [3.05, 3.63) is 57.0 Å². The number of amides is 1. The molecule has 1 amide bonds. The van der Waals surface area contributed by atoms with E-state index in [0.29, 0.717) is 15.4 Å². The van der Waals surface area contributed by atoms with Gasteiger partial charge in [-0.15, -0.1) is 22.7 Å². The van der Waals surface area contributed by atoms with E-state index in [2.05, 4.69) is 10.3 Å². The van der Waals surface area contributed by atoms with E-state index in [1.807, 2.05) is 37.3 Å². The van der Waals surface area contributed by atoms with Gasteiger partial charge in [-0.1, -0.05) is 30.3 Å². The van der Waals surface area contributed by atoms with Crippen LogP contribution in [-0.4, -0.2) is 29.3 Å². The molecule has 0 aliphatic heterocycles. The van der Waals surface area contributed by atoms with Crippen LogP contribution in [0.1, 0.15) is 54.9 Å². The number of thiophene rings is 1. The molecule has 0 saturated carbocycles. The molecule has 0 aliphatic rings. The van der Waals surface area contributed by atoms with Crippen LogP contribution >= 0.6 is 22.7 Å². The van der Waals surface area contributed by atoms with Gasteiger partial charge >= 0.3 is 5.97 Å². The van der Waals surface area contributed by atoms with E-state index in [1.165, 1.54) is 18.3 Å². The van der Waals surface area contributed by atoms with Crippen LogP contribution in [0.2, 0.25) is 0 Å². The molecule has 0 spiro atoms. The van der Waals surface area contributed by atoms with Crippen molar-refractivity contribution in [2.24, 2.45) is 0 Å². The maximum Gasteiger partial charge on any atom is 0.341 e. The first kappa shape index (κ1) is 20.9. The Labute approximate surface area is 176 Å². The Bertz CT molecular complexity index is 1080. The number of hydrogen-bond acceptors (Lipinski definition) is 7. The van der Waals surface area contributed by atoms with Crippen molar-refractivity contribution >= 4 is 45.3 Å². The van der Waals surface area contributed by atoms with Gasteiger partial charge in [0, 0.05) is 0 Å². The van der Waals surface area contributed by atoms with Crippen LogP contribution in [0.3, 0.4) is 0 Å². The van der Waals surface area contributed by atoms with Gasteiger partial charge in [0.15, 0.2) is 5.78 Å². The Kier molecular flexibility index (Phi) is 6.24. The number of Topliss-reactive ketones (excluding diaryl/α,β-unsaturated/α-hetero) is 1. The first-order valence-corrected chi connectivity index (χ1v) is 10.6. The fourth-order valence-electron chi connectivity index (χ4n) is 2.91. The van der Waals surface area contributed by atoms with Crippen LogP contribution in [0.15, 0.2) is 30.3 Å². The molecule has 0 fully saturated rings. The highest BCUT2D eigenvalue weighted by Gasteiger charge is 2.27. The van der Waals surface area contributed by atoms with Crippen molar-refractivity contribution in [2.45, 2.75) is 27.7 Å². The molecule has 2 heterocycles. The molecule has 0 atom stereocenters. The predicted octanol–water partition coefficient (Wildman–Crippen LogP) is 5.12. The molecule has 0 radical (unpaired) electrons. The zero-order valence-corrected chi connectivity index (χ0v) is 18.1. The molecule has 3 aromatic rings. The standard InChI is InChI=1S/C21H20N2O4S2/c1-5-27-21(26)15-11(2)17(12(3)24)29-20(15)23-19(25)16-18(28-13(4)22-16)14-9-7-6-8-10-14/h6-10H,5H2,1-4H3,(H,23,25). The lowest BCUT2D eigenvalue weighted by atomic mass is 10.1. The summed E-state index contributed by atoms with van der Waals surface area (Å²) in [4.78, 5) is 43.0. The quantitative estimate of drug-likeness (QED) is 0.435. The molecule has 1 N–H and O–H groups in total. The SMILES string of the molecule is CCOC(=O)c1c(NC(=O)c2nc(C)sc2-c2ccccc2)sc(C(C)=O)c1C. The van der Waals surface area contributed by atoms with Gasteiger partial charge in [0.25, 0.3) is 5.91 Å². The molecule has 2 aromatic heterocycles. The second kappa shape index (κ2) is 8.67. The van der Waals surface area contributed by atoms with Gasteiger partial charge in [0.05, 0.1) is 26.9 Å². The number of nitrogens with zero attached hydrogens (tertiary/aromatic N) is 1. The van der Waals surface area contributed by atoms with Crippen molar-refractivity contribution in [1.29, 1.82) is 0 Å². The Morgan fingerprint density at radius 2 is 1.79 bits per heavy atom. The van der Waals surface area contributed by atoms with Gasteiger partial charge in [-0.05, 0) is 38.8 Å². The van der Waals surface area contributed by atoms with E-state index < -0.39 is 11.9 Å². The normalized spacial score (nSPS) is 10.6. The average molecular weight is 429 g/mol. The van der Waals surface area contributed by atoms with Crippen LogP contribution in [0.25, 0.3) is 10.4 Å². The van der Waals surface area contributed by atoms with Crippen LogP contribution < -0.4 is 5.32 Å². The molecule has 8 heteroatoms. The summed E-state index contributed by atoms with van der Waals surface area (Å²) in [6, 6.07) is 9.52. The molecule has 1 aromatic carbocycles. The number of benzene rings is 1. The van der Waals surface area contributed by atoms with Crippen molar-refractivity contribution in [1.82, 2.24) is 4.98 Å². The third-order valence-corrected chi connectivity index (χ3v) is 6.49. The van der Waals surface area contributed by atoms with E-state index in [9.17, 15) is 14.4 Å². The maximum absolute atomic E-state index is 13.0. The first-order valence-electron chi connectivity index (χ1n) is 8.99. The summed E-state index contributed by atoms with van der Waals surface area (Å²) in [7, 11) is 0. The molecule has 6 nitrogen and oxygen atoms in total. The minimum Gasteiger partial charge on any atom is -0.462 e. The van der Waals surface area contributed by atoms with E-state index >= 15 is 0 Å². The van der Waals surface area contributed by atoms with Gasteiger partial charge in [0.2, 0.25) is 0 Å². The van der Waals surface area contributed by atoms with Crippen LogP contribution in [0.4, 0.5) is 5.00 Å². The highest BCUT2D eigenvalue weighted by Crippen LogP contribution is 2.36. The van der Waals surface area contributed by atoms with E-state index in [1.54, 1.807) is 13.8 Å². The average Bonchev–Trinajstić information content (AvgIpc) is 3.23.